The highest BCUT2D eigenvalue weighted by Gasteiger charge is 2.30. The lowest BCUT2D eigenvalue weighted by Gasteiger charge is -2.29. The number of rotatable bonds is 6. The van der Waals surface area contributed by atoms with E-state index in [1.807, 2.05) is 45.0 Å². The van der Waals surface area contributed by atoms with Crippen LogP contribution in [0.4, 0.5) is 0 Å². The lowest BCUT2D eigenvalue weighted by atomic mass is 9.86. The van der Waals surface area contributed by atoms with Gasteiger partial charge in [0.25, 0.3) is 0 Å². The molecule has 0 saturated heterocycles. The molecule has 0 fully saturated rings. The third kappa shape index (κ3) is 5.63. The summed E-state index contributed by atoms with van der Waals surface area (Å²) in [6, 6.07) is 7.79. The summed E-state index contributed by atoms with van der Waals surface area (Å²) in [5.74, 6) is 0.985. The highest BCUT2D eigenvalue weighted by Crippen LogP contribution is 2.34. The van der Waals surface area contributed by atoms with E-state index in [-0.39, 0.29) is 17.3 Å². The van der Waals surface area contributed by atoms with Crippen LogP contribution in [0.2, 0.25) is 19.6 Å². The monoisotopic (exact) mass is 308 g/mol. The summed E-state index contributed by atoms with van der Waals surface area (Å²) in [6.45, 7) is 12.3. The number of methoxy groups -OCH3 is 1. The lowest BCUT2D eigenvalue weighted by Crippen LogP contribution is -2.31. The molecule has 1 aromatic rings. The molecule has 0 heterocycles. The van der Waals surface area contributed by atoms with Crippen molar-refractivity contribution in [2.24, 2.45) is 5.41 Å². The van der Waals surface area contributed by atoms with E-state index in [4.69, 9.17) is 9.16 Å². The number of para-hydroxylation sites is 1. The normalized spacial score (nSPS) is 13.9. The summed E-state index contributed by atoms with van der Waals surface area (Å²) in [4.78, 5) is 12.4. The van der Waals surface area contributed by atoms with Crippen LogP contribution in [0, 0.1) is 5.41 Å². The molecule has 3 nitrogen and oxygen atoms in total. The van der Waals surface area contributed by atoms with Crippen LogP contribution in [-0.2, 0) is 9.22 Å². The van der Waals surface area contributed by atoms with Crippen molar-refractivity contribution in [1.29, 1.82) is 0 Å². The Labute approximate surface area is 129 Å². The standard InChI is InChI=1S/C17H28O3Si/c1-17(2,3)16(18)12-15(20-21(5,6)7)13-10-8-9-11-14(13)19-4/h8-11,15H,12H2,1-7H3/t15-/m0/s1. The Kier molecular flexibility index (Phi) is 5.76. The Bertz CT molecular complexity index is 484. The highest BCUT2D eigenvalue weighted by molar-refractivity contribution is 6.69. The smallest absolute Gasteiger partial charge is 0.184 e. The van der Waals surface area contributed by atoms with E-state index < -0.39 is 8.32 Å². The number of hydrogen-bond acceptors (Lipinski definition) is 3. The Morgan fingerprint density at radius 1 is 1.19 bits per heavy atom. The van der Waals surface area contributed by atoms with Crippen molar-refractivity contribution in [3.05, 3.63) is 29.8 Å². The van der Waals surface area contributed by atoms with Crippen molar-refractivity contribution in [3.8, 4) is 5.75 Å². The molecule has 21 heavy (non-hydrogen) atoms. The van der Waals surface area contributed by atoms with Crippen molar-refractivity contribution >= 4 is 14.1 Å². The molecule has 1 atom stereocenters. The second kappa shape index (κ2) is 6.75. The van der Waals surface area contributed by atoms with E-state index in [2.05, 4.69) is 19.6 Å². The van der Waals surface area contributed by atoms with E-state index >= 15 is 0 Å². The molecule has 0 aliphatic carbocycles. The van der Waals surface area contributed by atoms with E-state index in [9.17, 15) is 4.79 Å². The minimum Gasteiger partial charge on any atom is -0.496 e. The van der Waals surface area contributed by atoms with E-state index in [0.29, 0.717) is 6.42 Å². The number of ether oxygens (including phenoxy) is 1. The molecule has 0 amide bonds. The first-order valence-electron chi connectivity index (χ1n) is 7.38. The third-order valence-corrected chi connectivity index (χ3v) is 4.18. The van der Waals surface area contributed by atoms with Gasteiger partial charge in [-0.3, -0.25) is 4.79 Å². The van der Waals surface area contributed by atoms with Gasteiger partial charge in [-0.25, -0.2) is 0 Å². The molecular formula is C17H28O3Si. The van der Waals surface area contributed by atoms with Crippen LogP contribution in [0.25, 0.3) is 0 Å². The molecule has 1 rings (SSSR count). The van der Waals surface area contributed by atoms with Gasteiger partial charge in [0.15, 0.2) is 8.32 Å². The van der Waals surface area contributed by atoms with Gasteiger partial charge < -0.3 is 9.16 Å². The van der Waals surface area contributed by atoms with Crippen LogP contribution >= 0.6 is 0 Å². The van der Waals surface area contributed by atoms with E-state index in [0.717, 1.165) is 11.3 Å². The molecule has 4 heteroatoms. The van der Waals surface area contributed by atoms with Gasteiger partial charge in [-0.2, -0.15) is 0 Å². The fourth-order valence-corrected chi connectivity index (χ4v) is 3.11. The summed E-state index contributed by atoms with van der Waals surface area (Å²) in [5.41, 5.74) is 0.600. The Morgan fingerprint density at radius 3 is 2.24 bits per heavy atom. The topological polar surface area (TPSA) is 35.5 Å². The minimum atomic E-state index is -1.77. The molecule has 0 radical (unpaired) electrons. The maximum Gasteiger partial charge on any atom is 0.184 e. The molecule has 0 N–H and O–H groups in total. The summed E-state index contributed by atoms with van der Waals surface area (Å²) in [7, 11) is -0.124. The molecule has 0 bridgehead atoms. The molecule has 0 aliphatic heterocycles. The van der Waals surface area contributed by atoms with Crippen LogP contribution in [0.15, 0.2) is 24.3 Å². The van der Waals surface area contributed by atoms with Crippen LogP contribution in [0.1, 0.15) is 38.9 Å². The first-order chi connectivity index (χ1) is 9.54. The third-order valence-electron chi connectivity index (χ3n) is 3.19. The second-order valence-corrected chi connectivity index (χ2v) is 11.8. The average molecular weight is 308 g/mol. The summed E-state index contributed by atoms with van der Waals surface area (Å²) < 4.78 is 11.7. The molecule has 118 valence electrons. The zero-order valence-corrected chi connectivity index (χ0v) is 15.3. The Balaban J connectivity index is 3.11. The van der Waals surface area contributed by atoms with Crippen LogP contribution in [0.3, 0.4) is 0 Å². The second-order valence-electron chi connectivity index (χ2n) is 7.34. The van der Waals surface area contributed by atoms with Gasteiger partial charge in [0.05, 0.1) is 13.2 Å². The largest absolute Gasteiger partial charge is 0.496 e. The molecule has 0 unspecified atom stereocenters. The number of ketones is 1. The Morgan fingerprint density at radius 2 is 1.76 bits per heavy atom. The number of hydrogen-bond donors (Lipinski definition) is 0. The summed E-state index contributed by atoms with van der Waals surface area (Å²) in [5, 5.41) is 0. The van der Waals surface area contributed by atoms with Gasteiger partial charge in [0.1, 0.15) is 11.5 Å². The average Bonchev–Trinajstić information content (AvgIpc) is 2.35. The lowest BCUT2D eigenvalue weighted by molar-refractivity contribution is -0.128. The number of carbonyl (C=O) groups excluding carboxylic acids is 1. The molecule has 0 spiro atoms. The summed E-state index contributed by atoms with van der Waals surface area (Å²) in [6.07, 6.45) is 0.147. The number of carbonyl (C=O) groups is 1. The first-order valence-corrected chi connectivity index (χ1v) is 10.8. The van der Waals surface area contributed by atoms with E-state index in [1.165, 1.54) is 0 Å². The van der Waals surface area contributed by atoms with Crippen LogP contribution in [-0.4, -0.2) is 21.2 Å². The first kappa shape index (κ1) is 17.9. The number of Topliss-reactive ketones (excluding diaryl/α,β-unsaturated/α-hetero) is 1. The zero-order chi connectivity index (χ0) is 16.3. The van der Waals surface area contributed by atoms with Gasteiger partial charge >= 0.3 is 0 Å². The fraction of sp³-hybridized carbons (Fsp3) is 0.588. The van der Waals surface area contributed by atoms with E-state index in [1.54, 1.807) is 7.11 Å². The van der Waals surface area contributed by atoms with Gasteiger partial charge in [-0.05, 0) is 25.7 Å². The van der Waals surface area contributed by atoms with Gasteiger partial charge in [-0.15, -0.1) is 0 Å². The number of benzene rings is 1. The predicted molar refractivity (Wildman–Crippen MR) is 89.2 cm³/mol. The van der Waals surface area contributed by atoms with Crippen LogP contribution < -0.4 is 4.74 Å². The zero-order valence-electron chi connectivity index (χ0n) is 14.3. The van der Waals surface area contributed by atoms with Crippen molar-refractivity contribution < 1.29 is 14.0 Å². The quantitative estimate of drug-likeness (QED) is 0.721. The van der Waals surface area contributed by atoms with Gasteiger partial charge in [0, 0.05) is 17.4 Å². The maximum atomic E-state index is 12.4. The fourth-order valence-electron chi connectivity index (χ4n) is 2.05. The maximum absolute atomic E-state index is 12.4. The minimum absolute atomic E-state index is 0.205. The van der Waals surface area contributed by atoms with Crippen molar-refractivity contribution in [2.75, 3.05) is 7.11 Å². The highest BCUT2D eigenvalue weighted by atomic mass is 28.4. The van der Waals surface area contributed by atoms with Crippen molar-refractivity contribution in [1.82, 2.24) is 0 Å². The van der Waals surface area contributed by atoms with Gasteiger partial charge in [0.2, 0.25) is 0 Å². The molecular weight excluding hydrogens is 280 g/mol. The molecule has 0 saturated carbocycles. The molecule has 0 aromatic heterocycles. The predicted octanol–water partition coefficient (Wildman–Crippen LogP) is 4.59. The Hall–Kier alpha value is -1.13. The summed E-state index contributed by atoms with van der Waals surface area (Å²) >= 11 is 0. The molecule has 1 aromatic carbocycles. The van der Waals surface area contributed by atoms with Gasteiger partial charge in [-0.1, -0.05) is 39.0 Å². The van der Waals surface area contributed by atoms with Crippen LogP contribution in [0.5, 0.6) is 5.75 Å². The van der Waals surface area contributed by atoms with Crippen molar-refractivity contribution in [3.63, 3.8) is 0 Å². The van der Waals surface area contributed by atoms with Crippen molar-refractivity contribution in [2.45, 2.75) is 52.9 Å². The SMILES string of the molecule is COc1ccccc1[C@H](CC(=O)C(C)(C)C)O[Si](C)(C)C. The molecule has 0 aliphatic rings.